The van der Waals surface area contributed by atoms with Crippen molar-refractivity contribution in [1.82, 2.24) is 4.98 Å². The van der Waals surface area contributed by atoms with Crippen molar-refractivity contribution in [3.63, 3.8) is 0 Å². The summed E-state index contributed by atoms with van der Waals surface area (Å²) in [7, 11) is 0. The van der Waals surface area contributed by atoms with E-state index in [2.05, 4.69) is 22.0 Å². The van der Waals surface area contributed by atoms with Gasteiger partial charge >= 0.3 is 0 Å². The van der Waals surface area contributed by atoms with Crippen molar-refractivity contribution in [2.24, 2.45) is 0 Å². The maximum Gasteiger partial charge on any atom is 0.213 e. The fraction of sp³-hybridized carbons (Fsp3) is 0.292. The van der Waals surface area contributed by atoms with E-state index in [4.69, 9.17) is 4.74 Å². The SMILES string of the molecule is Cc1ccc(O[C@H]2CCN(c3ccc(-c4ccccc4CO)cc3CO)C2)nc1. The van der Waals surface area contributed by atoms with Crippen LogP contribution >= 0.6 is 0 Å². The van der Waals surface area contributed by atoms with Crippen LogP contribution in [-0.2, 0) is 13.2 Å². The van der Waals surface area contributed by atoms with Crippen LogP contribution in [0, 0.1) is 6.92 Å². The van der Waals surface area contributed by atoms with Crippen LogP contribution in [0.1, 0.15) is 23.1 Å². The minimum absolute atomic E-state index is 0.00935. The fourth-order valence-electron chi connectivity index (χ4n) is 3.87. The predicted octanol–water partition coefficient (Wildman–Crippen LogP) is 3.70. The first-order chi connectivity index (χ1) is 14.2. The number of anilines is 1. The maximum atomic E-state index is 9.99. The lowest BCUT2D eigenvalue weighted by atomic mass is 9.97. The Morgan fingerprint density at radius 1 is 1.03 bits per heavy atom. The van der Waals surface area contributed by atoms with Gasteiger partial charge in [-0.2, -0.15) is 0 Å². The van der Waals surface area contributed by atoms with E-state index in [1.54, 1.807) is 0 Å². The zero-order valence-corrected chi connectivity index (χ0v) is 16.6. The van der Waals surface area contributed by atoms with Crippen LogP contribution in [0.4, 0.5) is 5.69 Å². The summed E-state index contributed by atoms with van der Waals surface area (Å²) in [4.78, 5) is 6.59. The normalized spacial score (nSPS) is 16.2. The van der Waals surface area contributed by atoms with Gasteiger partial charge in [-0.05, 0) is 41.3 Å². The summed E-state index contributed by atoms with van der Waals surface area (Å²) in [6.07, 6.45) is 2.80. The van der Waals surface area contributed by atoms with Crippen molar-refractivity contribution in [2.75, 3.05) is 18.0 Å². The van der Waals surface area contributed by atoms with Crippen LogP contribution < -0.4 is 9.64 Å². The van der Waals surface area contributed by atoms with Crippen molar-refractivity contribution < 1.29 is 14.9 Å². The molecule has 0 saturated carbocycles. The highest BCUT2D eigenvalue weighted by Gasteiger charge is 2.26. The second-order valence-corrected chi connectivity index (χ2v) is 7.47. The molecular weight excluding hydrogens is 364 g/mol. The van der Waals surface area contributed by atoms with E-state index in [0.29, 0.717) is 5.88 Å². The number of hydrogen-bond donors (Lipinski definition) is 2. The lowest BCUT2D eigenvalue weighted by molar-refractivity contribution is 0.215. The summed E-state index contributed by atoms with van der Waals surface area (Å²) in [5.74, 6) is 0.654. The Balaban J connectivity index is 1.52. The molecule has 0 spiro atoms. The highest BCUT2D eigenvalue weighted by molar-refractivity contribution is 5.71. The summed E-state index contributed by atoms with van der Waals surface area (Å²) < 4.78 is 6.04. The first kappa shape index (κ1) is 19.4. The Labute approximate surface area is 171 Å². The number of aliphatic hydroxyl groups excluding tert-OH is 2. The largest absolute Gasteiger partial charge is 0.472 e. The molecule has 2 aromatic carbocycles. The third-order valence-electron chi connectivity index (χ3n) is 5.41. The number of rotatable bonds is 6. The molecule has 1 aliphatic heterocycles. The molecule has 1 aliphatic rings. The number of benzene rings is 2. The summed E-state index contributed by atoms with van der Waals surface area (Å²) in [6.45, 7) is 3.59. The Hall–Kier alpha value is -2.89. The fourth-order valence-corrected chi connectivity index (χ4v) is 3.87. The van der Waals surface area contributed by atoms with E-state index >= 15 is 0 Å². The smallest absolute Gasteiger partial charge is 0.213 e. The van der Waals surface area contributed by atoms with Gasteiger partial charge in [0.05, 0.1) is 19.8 Å². The second kappa shape index (κ2) is 8.64. The molecule has 1 atom stereocenters. The molecule has 0 radical (unpaired) electrons. The molecule has 1 fully saturated rings. The second-order valence-electron chi connectivity index (χ2n) is 7.47. The van der Waals surface area contributed by atoms with Crippen LogP contribution in [-0.4, -0.2) is 34.4 Å². The van der Waals surface area contributed by atoms with Crippen LogP contribution in [0.2, 0.25) is 0 Å². The van der Waals surface area contributed by atoms with Gasteiger partial charge in [0.25, 0.3) is 0 Å². The summed E-state index contributed by atoms with van der Waals surface area (Å²) in [6, 6.07) is 17.8. The van der Waals surface area contributed by atoms with Crippen LogP contribution in [0.3, 0.4) is 0 Å². The third-order valence-corrected chi connectivity index (χ3v) is 5.41. The molecule has 2 heterocycles. The van der Waals surface area contributed by atoms with Crippen molar-refractivity contribution in [2.45, 2.75) is 32.7 Å². The van der Waals surface area contributed by atoms with Gasteiger partial charge in [-0.15, -0.1) is 0 Å². The lowest BCUT2D eigenvalue weighted by Crippen LogP contribution is -2.25. The number of ether oxygens (including phenoxy) is 1. The summed E-state index contributed by atoms with van der Waals surface area (Å²) in [5, 5.41) is 19.6. The molecule has 5 heteroatoms. The monoisotopic (exact) mass is 390 g/mol. The highest BCUT2D eigenvalue weighted by atomic mass is 16.5. The average molecular weight is 390 g/mol. The molecule has 2 N–H and O–H groups in total. The van der Waals surface area contributed by atoms with Crippen LogP contribution in [0.15, 0.2) is 60.8 Å². The number of hydrogen-bond acceptors (Lipinski definition) is 5. The zero-order valence-electron chi connectivity index (χ0n) is 16.6. The van der Waals surface area contributed by atoms with Crippen LogP contribution in [0.5, 0.6) is 5.88 Å². The maximum absolute atomic E-state index is 9.99. The van der Waals surface area contributed by atoms with Crippen molar-refractivity contribution >= 4 is 5.69 Å². The summed E-state index contributed by atoms with van der Waals surface area (Å²) >= 11 is 0. The van der Waals surface area contributed by atoms with Gasteiger partial charge in [0.1, 0.15) is 6.10 Å². The van der Waals surface area contributed by atoms with Crippen molar-refractivity contribution in [3.8, 4) is 17.0 Å². The van der Waals surface area contributed by atoms with E-state index in [1.165, 1.54) is 0 Å². The number of aliphatic hydroxyl groups is 2. The van der Waals surface area contributed by atoms with E-state index in [9.17, 15) is 10.2 Å². The summed E-state index contributed by atoms with van der Waals surface area (Å²) in [5.41, 5.74) is 5.89. The highest BCUT2D eigenvalue weighted by Crippen LogP contribution is 2.32. The standard InChI is InChI=1S/C24H26N2O3/c1-17-6-9-24(25-13-17)29-21-10-11-26(14-21)23-8-7-18(12-20(23)16-28)22-5-3-2-4-19(22)15-27/h2-9,12-13,21,27-28H,10-11,14-16H2,1H3/t21-/m0/s1. The van der Waals surface area contributed by atoms with Crippen LogP contribution in [0.25, 0.3) is 11.1 Å². The third kappa shape index (κ3) is 4.26. The lowest BCUT2D eigenvalue weighted by Gasteiger charge is -2.22. The number of pyridine rings is 1. The van der Waals surface area contributed by atoms with Gasteiger partial charge in [0, 0.05) is 36.5 Å². The van der Waals surface area contributed by atoms with Gasteiger partial charge in [0.15, 0.2) is 0 Å². The molecular formula is C24H26N2O3. The quantitative estimate of drug-likeness (QED) is 0.672. The van der Waals surface area contributed by atoms with Gasteiger partial charge in [0.2, 0.25) is 5.88 Å². The first-order valence-corrected chi connectivity index (χ1v) is 9.95. The molecule has 150 valence electrons. The molecule has 0 aliphatic carbocycles. The molecule has 1 aromatic heterocycles. The van der Waals surface area contributed by atoms with Gasteiger partial charge in [-0.25, -0.2) is 4.98 Å². The number of nitrogens with zero attached hydrogens (tertiary/aromatic N) is 2. The predicted molar refractivity (Wildman–Crippen MR) is 114 cm³/mol. The minimum Gasteiger partial charge on any atom is -0.472 e. The van der Waals surface area contributed by atoms with E-state index < -0.39 is 0 Å². The first-order valence-electron chi connectivity index (χ1n) is 9.95. The average Bonchev–Trinajstić information content (AvgIpc) is 3.23. The van der Waals surface area contributed by atoms with E-state index in [0.717, 1.165) is 53.0 Å². The van der Waals surface area contributed by atoms with Crippen molar-refractivity contribution in [3.05, 3.63) is 77.5 Å². The van der Waals surface area contributed by atoms with E-state index in [-0.39, 0.29) is 19.3 Å². The zero-order chi connectivity index (χ0) is 20.2. The molecule has 1 saturated heterocycles. The molecule has 3 aromatic rings. The topological polar surface area (TPSA) is 65.8 Å². The number of aromatic nitrogens is 1. The molecule has 0 bridgehead atoms. The minimum atomic E-state index is -0.0357. The Bertz CT molecular complexity index is 972. The van der Waals surface area contributed by atoms with Gasteiger partial charge < -0.3 is 19.8 Å². The Morgan fingerprint density at radius 3 is 2.62 bits per heavy atom. The molecule has 0 unspecified atom stereocenters. The Kier molecular flexibility index (Phi) is 5.79. The molecule has 5 nitrogen and oxygen atoms in total. The molecule has 0 amide bonds. The Morgan fingerprint density at radius 2 is 1.86 bits per heavy atom. The van der Waals surface area contributed by atoms with Gasteiger partial charge in [-0.1, -0.05) is 36.4 Å². The van der Waals surface area contributed by atoms with E-state index in [1.807, 2.05) is 55.6 Å². The van der Waals surface area contributed by atoms with Gasteiger partial charge in [-0.3, -0.25) is 0 Å². The molecule has 29 heavy (non-hydrogen) atoms. The molecule has 4 rings (SSSR count). The van der Waals surface area contributed by atoms with Crippen molar-refractivity contribution in [1.29, 1.82) is 0 Å². The number of aryl methyl sites for hydroxylation is 1.